The van der Waals surface area contributed by atoms with Gasteiger partial charge in [0.2, 0.25) is 0 Å². The molecular weight excluding hydrogens is 488 g/mol. The molecule has 4 aromatic rings. The lowest BCUT2D eigenvalue weighted by atomic mass is 9.97. The van der Waals surface area contributed by atoms with Gasteiger partial charge in [0.1, 0.15) is 6.29 Å². The Morgan fingerprint density at radius 1 is 0.973 bits per heavy atom. The first-order valence-electron chi connectivity index (χ1n) is 12.0. The molecule has 0 bridgehead atoms. The highest BCUT2D eigenvalue weighted by molar-refractivity contribution is 6.30. The van der Waals surface area contributed by atoms with Crippen LogP contribution in [-0.4, -0.2) is 36.1 Å². The number of carbonyl (C=O) groups excluding carboxylic acids is 2. The molecule has 0 fully saturated rings. The molecule has 37 heavy (non-hydrogen) atoms. The summed E-state index contributed by atoms with van der Waals surface area (Å²) in [6.45, 7) is 2.00. The number of hydrogen-bond donors (Lipinski definition) is 0. The lowest BCUT2D eigenvalue weighted by Crippen LogP contribution is -2.31. The maximum absolute atomic E-state index is 13.4. The first-order chi connectivity index (χ1) is 18.1. The van der Waals surface area contributed by atoms with Gasteiger partial charge >= 0.3 is 0 Å². The number of benzene rings is 4. The van der Waals surface area contributed by atoms with Crippen LogP contribution in [0.2, 0.25) is 5.02 Å². The first-order valence-corrected chi connectivity index (χ1v) is 12.4. The van der Waals surface area contributed by atoms with Crippen LogP contribution >= 0.6 is 11.6 Å². The number of nitrogens with zero attached hydrogens (tertiary/aromatic N) is 2. The topological polar surface area (TPSA) is 68.2 Å². The Kier molecular flexibility index (Phi) is 7.19. The van der Waals surface area contributed by atoms with Crippen LogP contribution in [0.25, 0.3) is 10.8 Å². The molecule has 1 aliphatic heterocycles. The molecule has 7 heteroatoms. The number of halogens is 1. The molecular formula is C30H25ClN2O4. The van der Waals surface area contributed by atoms with E-state index in [0.717, 1.165) is 33.9 Å². The summed E-state index contributed by atoms with van der Waals surface area (Å²) in [5.74, 6) is 0.510. The van der Waals surface area contributed by atoms with Gasteiger partial charge < -0.3 is 9.47 Å². The van der Waals surface area contributed by atoms with Crippen LogP contribution in [0.15, 0.2) is 90.0 Å². The van der Waals surface area contributed by atoms with Crippen molar-refractivity contribution in [2.24, 2.45) is 5.10 Å². The molecule has 0 saturated heterocycles. The van der Waals surface area contributed by atoms with Gasteiger partial charge in [-0.15, -0.1) is 0 Å². The van der Waals surface area contributed by atoms with Crippen LogP contribution in [0.1, 0.15) is 40.9 Å². The van der Waals surface area contributed by atoms with Gasteiger partial charge in [-0.3, -0.25) is 9.59 Å². The first kappa shape index (κ1) is 24.5. The van der Waals surface area contributed by atoms with Gasteiger partial charge in [-0.05, 0) is 65.2 Å². The normalized spacial score (nSPS) is 14.9. The summed E-state index contributed by atoms with van der Waals surface area (Å²) in [6, 6.07) is 26.4. The fourth-order valence-corrected chi connectivity index (χ4v) is 4.55. The Morgan fingerprint density at radius 3 is 2.51 bits per heavy atom. The molecule has 0 spiro atoms. The Balaban J connectivity index is 1.42. The Morgan fingerprint density at radius 2 is 1.76 bits per heavy atom. The van der Waals surface area contributed by atoms with E-state index in [4.69, 9.17) is 26.2 Å². The van der Waals surface area contributed by atoms with Crippen LogP contribution in [-0.2, 0) is 4.79 Å². The second kappa shape index (κ2) is 10.8. The zero-order chi connectivity index (χ0) is 25.8. The molecule has 0 radical (unpaired) electrons. The van der Waals surface area contributed by atoms with Gasteiger partial charge in [-0.2, -0.15) is 5.10 Å². The van der Waals surface area contributed by atoms with Crippen LogP contribution in [0.3, 0.4) is 0 Å². The lowest BCUT2D eigenvalue weighted by Gasteiger charge is -2.22. The van der Waals surface area contributed by atoms with Gasteiger partial charge in [0.25, 0.3) is 5.91 Å². The fraction of sp³-hybridized carbons (Fsp3) is 0.167. The van der Waals surface area contributed by atoms with Crippen molar-refractivity contribution in [3.63, 3.8) is 0 Å². The Bertz CT molecular complexity index is 1480. The molecule has 1 atom stereocenters. The monoisotopic (exact) mass is 512 g/mol. The van der Waals surface area contributed by atoms with Crippen molar-refractivity contribution < 1.29 is 19.1 Å². The molecule has 1 unspecified atom stereocenters. The van der Waals surface area contributed by atoms with Crippen LogP contribution in [0, 0.1) is 0 Å². The van der Waals surface area contributed by atoms with Crippen molar-refractivity contribution in [1.29, 1.82) is 0 Å². The number of aldehydes is 1. The molecule has 186 valence electrons. The van der Waals surface area contributed by atoms with Crippen molar-refractivity contribution >= 4 is 40.3 Å². The van der Waals surface area contributed by atoms with E-state index in [1.54, 1.807) is 18.2 Å². The van der Waals surface area contributed by atoms with Gasteiger partial charge in [-0.25, -0.2) is 5.01 Å². The number of fused-ring (bicyclic) bond motifs is 1. The Labute approximate surface area is 220 Å². The molecule has 1 heterocycles. The average Bonchev–Trinajstić information content (AvgIpc) is 3.38. The number of rotatable bonds is 8. The molecule has 1 amide bonds. The third kappa shape index (κ3) is 5.34. The molecule has 0 N–H and O–H groups in total. The summed E-state index contributed by atoms with van der Waals surface area (Å²) in [6.07, 6.45) is 1.30. The standard InChI is InChI=1S/C30H25ClN2O4/c1-2-36-29-15-20(18-34)7-14-28(29)37-19-30(35)33-27(22-10-12-25(31)13-11-22)17-26(32-33)24-9-8-21-5-3-4-6-23(21)16-24/h3-16,18,27H,2,17,19H2,1H3. The molecule has 4 aromatic carbocycles. The zero-order valence-electron chi connectivity index (χ0n) is 20.3. The Hall–Kier alpha value is -4.16. The predicted octanol–water partition coefficient (Wildman–Crippen LogP) is 6.46. The van der Waals surface area contributed by atoms with E-state index in [1.807, 2.05) is 49.4 Å². The number of hydrazone groups is 1. The van der Waals surface area contributed by atoms with E-state index in [0.29, 0.717) is 35.1 Å². The summed E-state index contributed by atoms with van der Waals surface area (Å²) in [5, 5.41) is 9.13. The molecule has 6 nitrogen and oxygen atoms in total. The average molecular weight is 513 g/mol. The van der Waals surface area contributed by atoms with Gasteiger partial charge in [0.05, 0.1) is 18.4 Å². The van der Waals surface area contributed by atoms with Crippen molar-refractivity contribution in [3.05, 3.63) is 107 Å². The molecule has 1 aliphatic rings. The van der Waals surface area contributed by atoms with Gasteiger partial charge in [0.15, 0.2) is 18.1 Å². The largest absolute Gasteiger partial charge is 0.490 e. The van der Waals surface area contributed by atoms with Crippen LogP contribution < -0.4 is 9.47 Å². The summed E-state index contributed by atoms with van der Waals surface area (Å²) < 4.78 is 11.4. The molecule has 0 aromatic heterocycles. The van der Waals surface area contributed by atoms with Crippen molar-refractivity contribution in [2.45, 2.75) is 19.4 Å². The van der Waals surface area contributed by atoms with E-state index in [9.17, 15) is 9.59 Å². The minimum Gasteiger partial charge on any atom is -0.490 e. The van der Waals surface area contributed by atoms with Crippen LogP contribution in [0.5, 0.6) is 11.5 Å². The quantitative estimate of drug-likeness (QED) is 0.254. The van der Waals surface area contributed by atoms with E-state index < -0.39 is 0 Å². The third-order valence-corrected chi connectivity index (χ3v) is 6.51. The second-order valence-electron chi connectivity index (χ2n) is 8.66. The zero-order valence-corrected chi connectivity index (χ0v) is 21.0. The van der Waals surface area contributed by atoms with Gasteiger partial charge in [-0.1, -0.05) is 60.1 Å². The fourth-order valence-electron chi connectivity index (χ4n) is 4.42. The highest BCUT2D eigenvalue weighted by atomic mass is 35.5. The maximum atomic E-state index is 13.4. The summed E-state index contributed by atoms with van der Waals surface area (Å²) in [7, 11) is 0. The minimum atomic E-state index is -0.294. The van der Waals surface area contributed by atoms with E-state index in [1.165, 1.54) is 5.01 Å². The highest BCUT2D eigenvalue weighted by Gasteiger charge is 2.33. The number of hydrogen-bond acceptors (Lipinski definition) is 5. The third-order valence-electron chi connectivity index (χ3n) is 6.26. The smallest absolute Gasteiger partial charge is 0.281 e. The second-order valence-corrected chi connectivity index (χ2v) is 9.10. The molecule has 0 saturated carbocycles. The lowest BCUT2D eigenvalue weighted by molar-refractivity contribution is -0.135. The minimum absolute atomic E-state index is 0.237. The van der Waals surface area contributed by atoms with Gasteiger partial charge in [0, 0.05) is 17.0 Å². The van der Waals surface area contributed by atoms with E-state index in [2.05, 4.69) is 24.3 Å². The number of ether oxygens (including phenoxy) is 2. The summed E-state index contributed by atoms with van der Waals surface area (Å²) in [4.78, 5) is 24.6. The van der Waals surface area contributed by atoms with E-state index in [-0.39, 0.29) is 18.6 Å². The summed E-state index contributed by atoms with van der Waals surface area (Å²) in [5.41, 5.74) is 3.19. The highest BCUT2D eigenvalue weighted by Crippen LogP contribution is 2.35. The van der Waals surface area contributed by atoms with Crippen LogP contribution in [0.4, 0.5) is 0 Å². The van der Waals surface area contributed by atoms with Crippen molar-refractivity contribution in [1.82, 2.24) is 5.01 Å². The molecule has 5 rings (SSSR count). The van der Waals surface area contributed by atoms with Crippen molar-refractivity contribution in [3.8, 4) is 11.5 Å². The summed E-state index contributed by atoms with van der Waals surface area (Å²) >= 11 is 6.11. The van der Waals surface area contributed by atoms with Crippen molar-refractivity contribution in [2.75, 3.05) is 13.2 Å². The number of amides is 1. The predicted molar refractivity (Wildman–Crippen MR) is 145 cm³/mol. The molecule has 0 aliphatic carbocycles. The SMILES string of the molecule is CCOc1cc(C=O)ccc1OCC(=O)N1N=C(c2ccc3ccccc3c2)CC1c1ccc(Cl)cc1. The number of carbonyl (C=O) groups is 2. The maximum Gasteiger partial charge on any atom is 0.281 e. The van der Waals surface area contributed by atoms with E-state index >= 15 is 0 Å².